The lowest BCUT2D eigenvalue weighted by Crippen LogP contribution is -2.49. The van der Waals surface area contributed by atoms with Crippen molar-refractivity contribution in [1.29, 1.82) is 0 Å². The number of hydrogen-bond donors (Lipinski definition) is 2. The Morgan fingerprint density at radius 3 is 2.57 bits per heavy atom. The zero-order valence-corrected chi connectivity index (χ0v) is 18.3. The average molecular weight is 437 g/mol. The number of carbonyl (C=O) groups excluding carboxylic acids is 2. The number of nitrogens with one attached hydrogen (secondary N) is 1. The van der Waals surface area contributed by atoms with Gasteiger partial charge in [0.25, 0.3) is 5.56 Å². The fourth-order valence-electron chi connectivity index (χ4n) is 2.64. The van der Waals surface area contributed by atoms with Crippen LogP contribution in [0.2, 0.25) is 5.02 Å². The third-order valence-corrected chi connectivity index (χ3v) is 5.08. The molecule has 0 aliphatic heterocycles. The summed E-state index contributed by atoms with van der Waals surface area (Å²) in [5, 5.41) is 12.4. The van der Waals surface area contributed by atoms with E-state index in [2.05, 4.69) is 15.0 Å². The van der Waals surface area contributed by atoms with Gasteiger partial charge in [0.15, 0.2) is 0 Å². The number of amides is 2. The maximum Gasteiger partial charge on any atom is 0.411 e. The van der Waals surface area contributed by atoms with E-state index in [9.17, 15) is 19.5 Å². The molecule has 0 fully saturated rings. The molecule has 1 aromatic carbocycles. The highest BCUT2D eigenvalue weighted by Gasteiger charge is 2.27. The number of methoxy groups -OCH3 is 1. The van der Waals surface area contributed by atoms with Gasteiger partial charge in [0, 0.05) is 23.7 Å². The summed E-state index contributed by atoms with van der Waals surface area (Å²) in [6.07, 6.45) is -0.691. The third kappa shape index (κ3) is 5.17. The van der Waals surface area contributed by atoms with Crippen LogP contribution in [-0.4, -0.2) is 57.9 Å². The van der Waals surface area contributed by atoms with E-state index in [1.165, 1.54) is 28.7 Å². The van der Waals surface area contributed by atoms with Gasteiger partial charge in [-0.1, -0.05) is 11.6 Å². The molecule has 2 rings (SSSR count). The van der Waals surface area contributed by atoms with Crippen LogP contribution in [0.1, 0.15) is 19.7 Å². The van der Waals surface area contributed by atoms with Gasteiger partial charge in [0.1, 0.15) is 12.4 Å². The monoisotopic (exact) mass is 436 g/mol. The lowest BCUT2D eigenvalue weighted by Gasteiger charge is -2.34. The lowest BCUT2D eigenvalue weighted by atomic mass is 10.1. The molecule has 0 saturated heterocycles. The van der Waals surface area contributed by atoms with Crippen molar-refractivity contribution in [3.8, 4) is 11.3 Å². The Bertz CT molecular complexity index is 1020. The summed E-state index contributed by atoms with van der Waals surface area (Å²) in [5.41, 5.74) is -0.0750. The Morgan fingerprint density at radius 2 is 2.00 bits per heavy atom. The van der Waals surface area contributed by atoms with Crippen LogP contribution in [0.5, 0.6) is 0 Å². The van der Waals surface area contributed by atoms with E-state index in [-0.39, 0.29) is 19.1 Å². The normalized spacial score (nSPS) is 11.2. The van der Waals surface area contributed by atoms with Gasteiger partial charge < -0.3 is 14.7 Å². The zero-order chi connectivity index (χ0) is 22.6. The molecule has 2 N–H and O–H groups in total. The van der Waals surface area contributed by atoms with Gasteiger partial charge in [-0.25, -0.2) is 9.78 Å². The van der Waals surface area contributed by atoms with Gasteiger partial charge >= 0.3 is 6.09 Å². The van der Waals surface area contributed by atoms with Gasteiger partial charge in [-0.15, -0.1) is 0 Å². The molecule has 2 amide bonds. The van der Waals surface area contributed by atoms with Crippen molar-refractivity contribution in [2.75, 3.05) is 26.1 Å². The summed E-state index contributed by atoms with van der Waals surface area (Å²) in [4.78, 5) is 42.8. The van der Waals surface area contributed by atoms with Gasteiger partial charge in [0.05, 0.1) is 30.6 Å². The average Bonchev–Trinajstić information content (AvgIpc) is 2.69. The number of nitrogens with zero attached hydrogens (tertiary/aromatic N) is 3. The molecule has 1 heterocycles. The number of aliphatic hydroxyl groups excluding tert-OH is 1. The summed E-state index contributed by atoms with van der Waals surface area (Å²) in [7, 11) is 2.80. The van der Waals surface area contributed by atoms with Crippen LogP contribution in [0.25, 0.3) is 11.3 Å². The molecule has 10 heteroatoms. The SMILES string of the molecule is COC(=O)Nc1cc(Cl)ccc1-c1cc(=O)n(CC(=O)N(C)C(C)(C)CO)c(C)n1. The number of likely N-dealkylation sites (N-methyl/N-ethyl adjacent to an activating group) is 1. The number of benzene rings is 1. The molecular weight excluding hydrogens is 412 g/mol. The highest BCUT2D eigenvalue weighted by atomic mass is 35.5. The van der Waals surface area contributed by atoms with Crippen LogP contribution < -0.4 is 10.9 Å². The topological polar surface area (TPSA) is 114 Å². The van der Waals surface area contributed by atoms with E-state index in [1.807, 2.05) is 0 Å². The van der Waals surface area contributed by atoms with Crippen molar-refractivity contribution in [3.63, 3.8) is 0 Å². The molecule has 162 valence electrons. The first-order valence-corrected chi connectivity index (χ1v) is 9.49. The third-order valence-electron chi connectivity index (χ3n) is 4.84. The number of carbonyl (C=O) groups is 2. The molecule has 0 aliphatic carbocycles. The van der Waals surface area contributed by atoms with E-state index in [1.54, 1.807) is 40.0 Å². The summed E-state index contributed by atoms with van der Waals surface area (Å²) in [6, 6.07) is 6.04. The van der Waals surface area contributed by atoms with E-state index in [0.29, 0.717) is 27.8 Å². The largest absolute Gasteiger partial charge is 0.453 e. The molecule has 9 nitrogen and oxygen atoms in total. The van der Waals surface area contributed by atoms with Crippen LogP contribution in [-0.2, 0) is 16.1 Å². The van der Waals surface area contributed by atoms with Crippen molar-refractivity contribution in [3.05, 3.63) is 45.5 Å². The van der Waals surface area contributed by atoms with Gasteiger partial charge in [0.2, 0.25) is 5.91 Å². The standard InChI is InChI=1S/C20H25ClN4O5/c1-12-22-16(14-7-6-13(21)8-15(14)23-19(29)30-5)9-17(27)25(12)10-18(28)24(4)20(2,3)11-26/h6-9,26H,10-11H2,1-5H3,(H,23,29). The molecule has 0 saturated carbocycles. The fourth-order valence-corrected chi connectivity index (χ4v) is 2.81. The summed E-state index contributed by atoms with van der Waals surface area (Å²) < 4.78 is 5.86. The molecule has 0 aliphatic rings. The molecule has 0 bridgehead atoms. The lowest BCUT2D eigenvalue weighted by molar-refractivity contribution is -0.136. The van der Waals surface area contributed by atoms with Crippen molar-refractivity contribution < 1.29 is 19.4 Å². The second-order valence-electron chi connectivity index (χ2n) is 7.34. The molecule has 0 radical (unpaired) electrons. The Morgan fingerprint density at radius 1 is 1.33 bits per heavy atom. The number of rotatable bonds is 6. The van der Waals surface area contributed by atoms with Crippen LogP contribution in [0.15, 0.2) is 29.1 Å². The predicted octanol–water partition coefficient (Wildman–Crippen LogP) is 2.28. The minimum absolute atomic E-state index is 0.215. The number of hydrogen-bond acceptors (Lipinski definition) is 6. The number of ether oxygens (including phenoxy) is 1. The maximum absolute atomic E-state index is 12.7. The van der Waals surface area contributed by atoms with E-state index >= 15 is 0 Å². The van der Waals surface area contributed by atoms with Crippen molar-refractivity contribution in [2.45, 2.75) is 32.9 Å². The smallest absolute Gasteiger partial charge is 0.411 e. The quantitative estimate of drug-likeness (QED) is 0.718. The van der Waals surface area contributed by atoms with Crippen molar-refractivity contribution >= 4 is 29.3 Å². The van der Waals surface area contributed by atoms with Gasteiger partial charge in [-0.05, 0) is 39.0 Å². The number of anilines is 1. The number of halogens is 1. The molecule has 0 unspecified atom stereocenters. The molecule has 2 aromatic rings. The van der Waals surface area contributed by atoms with E-state index < -0.39 is 17.2 Å². The highest BCUT2D eigenvalue weighted by molar-refractivity contribution is 6.31. The number of aromatic nitrogens is 2. The van der Waals surface area contributed by atoms with Crippen LogP contribution in [0, 0.1) is 6.92 Å². The van der Waals surface area contributed by atoms with Crippen molar-refractivity contribution in [2.24, 2.45) is 0 Å². The first-order valence-electron chi connectivity index (χ1n) is 9.11. The molecule has 30 heavy (non-hydrogen) atoms. The van der Waals surface area contributed by atoms with Crippen LogP contribution in [0.4, 0.5) is 10.5 Å². The molecule has 0 atom stereocenters. The summed E-state index contributed by atoms with van der Waals surface area (Å²) in [6.45, 7) is 4.62. The summed E-state index contributed by atoms with van der Waals surface area (Å²) in [5.74, 6) is -0.0200. The first-order chi connectivity index (χ1) is 14.0. The Hall–Kier alpha value is -2.91. The zero-order valence-electron chi connectivity index (χ0n) is 17.5. The number of aliphatic hydroxyl groups is 1. The highest BCUT2D eigenvalue weighted by Crippen LogP contribution is 2.29. The second kappa shape index (κ2) is 9.27. The van der Waals surface area contributed by atoms with Gasteiger partial charge in [-0.2, -0.15) is 0 Å². The van der Waals surface area contributed by atoms with Crippen LogP contribution >= 0.6 is 11.6 Å². The Kier molecular flexibility index (Phi) is 7.22. The minimum atomic E-state index is -0.764. The molecular formula is C20H25ClN4O5. The van der Waals surface area contributed by atoms with Crippen molar-refractivity contribution in [1.82, 2.24) is 14.5 Å². The number of aryl methyl sites for hydroxylation is 1. The Balaban J connectivity index is 2.42. The molecule has 1 aromatic heterocycles. The van der Waals surface area contributed by atoms with Gasteiger partial charge in [-0.3, -0.25) is 19.5 Å². The van der Waals surface area contributed by atoms with E-state index in [4.69, 9.17) is 11.6 Å². The first kappa shape index (κ1) is 23.4. The minimum Gasteiger partial charge on any atom is -0.453 e. The Labute approximate surface area is 179 Å². The van der Waals surface area contributed by atoms with E-state index in [0.717, 1.165) is 0 Å². The fraction of sp³-hybridized carbons (Fsp3) is 0.400. The maximum atomic E-state index is 12.7. The predicted molar refractivity (Wildman–Crippen MR) is 114 cm³/mol. The summed E-state index contributed by atoms with van der Waals surface area (Å²) >= 11 is 6.02. The molecule has 0 spiro atoms. The second-order valence-corrected chi connectivity index (χ2v) is 7.78. The van der Waals surface area contributed by atoms with Crippen LogP contribution in [0.3, 0.4) is 0 Å².